The molecular formula is C45H41F3N6O2. The van der Waals surface area contributed by atoms with Crippen LogP contribution in [0, 0.1) is 13.8 Å². The number of fused-ring (bicyclic) bond motifs is 6. The summed E-state index contributed by atoms with van der Waals surface area (Å²) in [5.41, 5.74) is 20.4. The topological polar surface area (TPSA) is 122 Å². The third-order valence-electron chi connectivity index (χ3n) is 9.86. The molecule has 284 valence electrons. The number of anilines is 2. The molecule has 0 aliphatic carbocycles. The maximum absolute atomic E-state index is 13.2. The molecular weight excluding hydrogens is 714 g/mol. The van der Waals surface area contributed by atoms with Gasteiger partial charge in [-0.2, -0.15) is 13.2 Å². The van der Waals surface area contributed by atoms with Crippen molar-refractivity contribution >= 4 is 55.2 Å². The molecule has 0 spiro atoms. The maximum Gasteiger partial charge on any atom is 0.416 e. The van der Waals surface area contributed by atoms with Gasteiger partial charge >= 0.3 is 6.18 Å². The Hall–Kier alpha value is -6.49. The number of nitrogens with zero attached hydrogens (tertiary/aromatic N) is 4. The molecule has 8 aromatic rings. The van der Waals surface area contributed by atoms with Gasteiger partial charge in [0.15, 0.2) is 11.6 Å². The number of benzene rings is 4. The van der Waals surface area contributed by atoms with E-state index in [9.17, 15) is 13.2 Å². The summed E-state index contributed by atoms with van der Waals surface area (Å²) in [4.78, 5) is 18.0. The van der Waals surface area contributed by atoms with Crippen molar-refractivity contribution in [2.75, 3.05) is 25.7 Å². The zero-order chi connectivity index (χ0) is 39.6. The van der Waals surface area contributed by atoms with Crippen molar-refractivity contribution in [1.82, 2.24) is 19.9 Å². The molecule has 8 rings (SSSR count). The molecule has 0 radical (unpaired) electrons. The van der Waals surface area contributed by atoms with Gasteiger partial charge in [-0.25, -0.2) is 9.97 Å². The normalized spacial score (nSPS) is 11.6. The highest BCUT2D eigenvalue weighted by atomic mass is 19.4. The molecule has 8 nitrogen and oxygen atoms in total. The molecule has 0 saturated carbocycles. The van der Waals surface area contributed by atoms with Crippen LogP contribution >= 0.6 is 0 Å². The van der Waals surface area contributed by atoms with Crippen LogP contribution in [0.25, 0.3) is 43.6 Å². The zero-order valence-corrected chi connectivity index (χ0v) is 31.5. The van der Waals surface area contributed by atoms with Crippen LogP contribution in [0.5, 0.6) is 11.5 Å². The minimum Gasteiger partial charge on any atom is -0.497 e. The predicted molar refractivity (Wildman–Crippen MR) is 218 cm³/mol. The molecule has 0 atom stereocenters. The van der Waals surface area contributed by atoms with Crippen LogP contribution < -0.4 is 20.9 Å². The lowest BCUT2D eigenvalue weighted by Gasteiger charge is -2.13. The van der Waals surface area contributed by atoms with Gasteiger partial charge in [-0.05, 0) is 115 Å². The van der Waals surface area contributed by atoms with E-state index in [1.165, 1.54) is 12.1 Å². The summed E-state index contributed by atoms with van der Waals surface area (Å²) in [7, 11) is 3.33. The monoisotopic (exact) mass is 754 g/mol. The van der Waals surface area contributed by atoms with Gasteiger partial charge in [0.05, 0.1) is 30.8 Å². The number of ether oxygens (including phenoxy) is 2. The number of aromatic nitrogens is 4. The fourth-order valence-electron chi connectivity index (χ4n) is 6.99. The van der Waals surface area contributed by atoms with E-state index in [4.69, 9.17) is 20.9 Å². The summed E-state index contributed by atoms with van der Waals surface area (Å²) in [5.74, 6) is 2.41. The highest BCUT2D eigenvalue weighted by Gasteiger charge is 2.32. The van der Waals surface area contributed by atoms with Gasteiger partial charge in [0.2, 0.25) is 0 Å². The first-order chi connectivity index (χ1) is 26.9. The van der Waals surface area contributed by atoms with E-state index >= 15 is 0 Å². The molecule has 56 heavy (non-hydrogen) atoms. The van der Waals surface area contributed by atoms with Crippen LogP contribution in [0.2, 0.25) is 0 Å². The quantitative estimate of drug-likeness (QED) is 0.147. The Labute approximate surface area is 322 Å². The van der Waals surface area contributed by atoms with Crippen molar-refractivity contribution in [3.8, 4) is 11.5 Å². The van der Waals surface area contributed by atoms with Crippen molar-refractivity contribution < 1.29 is 22.6 Å². The van der Waals surface area contributed by atoms with E-state index in [0.29, 0.717) is 23.6 Å². The Balaban J connectivity index is 0.000000172. The smallest absolute Gasteiger partial charge is 0.416 e. The van der Waals surface area contributed by atoms with E-state index in [1.807, 2.05) is 55.6 Å². The Kier molecular flexibility index (Phi) is 10.6. The molecule has 4 aromatic heterocycles. The standard InChI is InChI=1S/C23H23N3O2.C22H18F3N3/c1-14-4-7-19-20-11-16(13-25-22(20)23(24)26-21(19)8-14)6-5-15-9-17(27-2)12-18(10-15)28-3;1-13-6-9-16-17-11-14(12-27-20(17)21(26)28-19(16)10-13)7-8-15-4-2-3-5-18(15)22(23,24)25/h4,7-13H,5-6H2,1-3H3,(H2,24,26);2-6,9-12H,7-8H2,1H3,(H2,26,28). The first-order valence-electron chi connectivity index (χ1n) is 18.2. The molecule has 0 bridgehead atoms. The van der Waals surface area contributed by atoms with Crippen LogP contribution in [-0.4, -0.2) is 34.2 Å². The lowest BCUT2D eigenvalue weighted by Crippen LogP contribution is -2.09. The number of pyridine rings is 4. The number of nitrogen functional groups attached to an aromatic ring is 2. The second-order valence-electron chi connectivity index (χ2n) is 13.9. The number of methoxy groups -OCH3 is 2. The number of hydrogen-bond acceptors (Lipinski definition) is 8. The second kappa shape index (κ2) is 15.7. The SMILES string of the molecule is COc1cc(CCc2cnc3c(N)nc4cc(C)ccc4c3c2)cc(OC)c1.Cc1ccc2c(c1)nc(N)c1ncc(CCc3ccccc3C(F)(F)F)cc12. The van der Waals surface area contributed by atoms with Crippen molar-refractivity contribution in [3.63, 3.8) is 0 Å². The fraction of sp³-hybridized carbons (Fsp3) is 0.200. The Bertz CT molecular complexity index is 2710. The lowest BCUT2D eigenvalue weighted by atomic mass is 9.99. The zero-order valence-electron chi connectivity index (χ0n) is 31.5. The average molecular weight is 755 g/mol. The molecule has 0 amide bonds. The van der Waals surface area contributed by atoms with Gasteiger partial charge in [0.1, 0.15) is 22.5 Å². The van der Waals surface area contributed by atoms with Crippen molar-refractivity contribution in [3.05, 3.63) is 142 Å². The van der Waals surface area contributed by atoms with E-state index in [0.717, 1.165) is 96.3 Å². The highest BCUT2D eigenvalue weighted by molar-refractivity contribution is 6.09. The van der Waals surface area contributed by atoms with Crippen molar-refractivity contribution in [2.45, 2.75) is 45.7 Å². The minimum atomic E-state index is -4.35. The van der Waals surface area contributed by atoms with Gasteiger partial charge in [-0.1, -0.05) is 42.5 Å². The van der Waals surface area contributed by atoms with Crippen molar-refractivity contribution in [1.29, 1.82) is 0 Å². The van der Waals surface area contributed by atoms with Gasteiger partial charge in [0, 0.05) is 40.0 Å². The van der Waals surface area contributed by atoms with Gasteiger partial charge in [0.25, 0.3) is 0 Å². The average Bonchev–Trinajstić information content (AvgIpc) is 3.18. The summed E-state index contributed by atoms with van der Waals surface area (Å²) in [6, 6.07) is 27.9. The molecule has 0 unspecified atom stereocenters. The van der Waals surface area contributed by atoms with E-state index in [1.54, 1.807) is 26.5 Å². The number of hydrogen-bond donors (Lipinski definition) is 2. The minimum absolute atomic E-state index is 0.278. The molecule has 0 saturated heterocycles. The maximum atomic E-state index is 13.2. The Morgan fingerprint density at radius 2 is 1.04 bits per heavy atom. The largest absolute Gasteiger partial charge is 0.497 e. The van der Waals surface area contributed by atoms with E-state index in [2.05, 4.69) is 51.1 Å². The molecule has 11 heteroatoms. The van der Waals surface area contributed by atoms with E-state index in [-0.39, 0.29) is 12.0 Å². The molecule has 0 aliphatic heterocycles. The third-order valence-corrected chi connectivity index (χ3v) is 9.86. The molecule has 4 N–H and O–H groups in total. The first kappa shape index (κ1) is 37.8. The Morgan fingerprint density at radius 1 is 0.554 bits per heavy atom. The number of aryl methyl sites for hydroxylation is 6. The molecule has 0 aliphatic rings. The summed E-state index contributed by atoms with van der Waals surface area (Å²) >= 11 is 0. The van der Waals surface area contributed by atoms with Crippen LogP contribution in [0.4, 0.5) is 24.8 Å². The predicted octanol–water partition coefficient (Wildman–Crippen LogP) is 9.95. The molecule has 0 fully saturated rings. The van der Waals surface area contributed by atoms with Crippen LogP contribution in [0.1, 0.15) is 38.9 Å². The molecule has 4 aromatic carbocycles. The van der Waals surface area contributed by atoms with E-state index < -0.39 is 11.7 Å². The van der Waals surface area contributed by atoms with Gasteiger partial charge in [-0.15, -0.1) is 0 Å². The van der Waals surface area contributed by atoms with Crippen LogP contribution in [0.3, 0.4) is 0 Å². The third kappa shape index (κ3) is 8.12. The highest BCUT2D eigenvalue weighted by Crippen LogP contribution is 2.34. The fourth-order valence-corrected chi connectivity index (χ4v) is 6.99. The molecule has 4 heterocycles. The Morgan fingerprint density at radius 3 is 1.54 bits per heavy atom. The van der Waals surface area contributed by atoms with Gasteiger partial charge in [-0.3, -0.25) is 9.97 Å². The van der Waals surface area contributed by atoms with Crippen LogP contribution in [-0.2, 0) is 31.9 Å². The van der Waals surface area contributed by atoms with Gasteiger partial charge < -0.3 is 20.9 Å². The number of rotatable bonds is 8. The number of halogens is 3. The first-order valence-corrected chi connectivity index (χ1v) is 18.2. The summed E-state index contributed by atoms with van der Waals surface area (Å²) in [6.45, 7) is 4.03. The lowest BCUT2D eigenvalue weighted by molar-refractivity contribution is -0.138. The van der Waals surface area contributed by atoms with Crippen molar-refractivity contribution in [2.24, 2.45) is 0 Å². The summed E-state index contributed by atoms with van der Waals surface area (Å²) in [5, 5.41) is 3.92. The summed E-state index contributed by atoms with van der Waals surface area (Å²) < 4.78 is 50.3. The summed E-state index contributed by atoms with van der Waals surface area (Å²) in [6.07, 6.45) is 1.64. The number of nitrogens with two attached hydrogens (primary N) is 2. The van der Waals surface area contributed by atoms with Crippen LogP contribution in [0.15, 0.2) is 103 Å². The number of alkyl halides is 3. The second-order valence-corrected chi connectivity index (χ2v) is 13.9.